The van der Waals surface area contributed by atoms with Gasteiger partial charge in [-0.2, -0.15) is 9.40 Å². The van der Waals surface area contributed by atoms with Gasteiger partial charge in [0, 0.05) is 49.6 Å². The van der Waals surface area contributed by atoms with Crippen LogP contribution in [0.25, 0.3) is 0 Å². The Morgan fingerprint density at radius 1 is 1.05 bits per heavy atom. The van der Waals surface area contributed by atoms with Crippen LogP contribution in [0.5, 0.6) is 0 Å². The highest BCUT2D eigenvalue weighted by molar-refractivity contribution is 7.89. The molecule has 2 aromatic carbocycles. The number of aromatic nitrogens is 2. The van der Waals surface area contributed by atoms with Crippen molar-refractivity contribution in [2.45, 2.75) is 31.2 Å². The van der Waals surface area contributed by atoms with Crippen molar-refractivity contribution in [1.29, 1.82) is 0 Å². The van der Waals surface area contributed by atoms with Gasteiger partial charge in [0.2, 0.25) is 15.9 Å². The number of carbonyl (C=O) groups is 2. The lowest BCUT2D eigenvalue weighted by atomic mass is 9.97. The van der Waals surface area contributed by atoms with Gasteiger partial charge in [-0.25, -0.2) is 8.42 Å². The number of piperidine rings is 1. The van der Waals surface area contributed by atoms with Crippen LogP contribution in [0.1, 0.15) is 30.3 Å². The normalized spacial score (nSPS) is 14.7. The van der Waals surface area contributed by atoms with Crippen LogP contribution < -0.4 is 10.6 Å². The summed E-state index contributed by atoms with van der Waals surface area (Å²) in [4.78, 5) is 36.0. The van der Waals surface area contributed by atoms with E-state index in [0.29, 0.717) is 12.2 Å². The Morgan fingerprint density at radius 3 is 2.30 bits per heavy atom. The summed E-state index contributed by atoms with van der Waals surface area (Å²) in [6.07, 6.45) is 2.16. The van der Waals surface area contributed by atoms with E-state index in [4.69, 9.17) is 0 Å². The maximum absolute atomic E-state index is 13.0. The zero-order valence-corrected chi connectivity index (χ0v) is 20.8. The first-order chi connectivity index (χ1) is 17.7. The van der Waals surface area contributed by atoms with Crippen LogP contribution in [0.3, 0.4) is 0 Å². The van der Waals surface area contributed by atoms with Crippen molar-refractivity contribution < 1.29 is 22.9 Å². The van der Waals surface area contributed by atoms with E-state index < -0.39 is 26.8 Å². The Labute approximate surface area is 213 Å². The highest BCUT2D eigenvalue weighted by Crippen LogP contribution is 2.27. The third-order valence-electron chi connectivity index (χ3n) is 6.10. The van der Waals surface area contributed by atoms with Crippen LogP contribution >= 0.6 is 0 Å². The van der Waals surface area contributed by atoms with Gasteiger partial charge in [0.1, 0.15) is 0 Å². The molecule has 12 nitrogen and oxygen atoms in total. The molecule has 0 bridgehead atoms. The molecule has 37 heavy (non-hydrogen) atoms. The predicted molar refractivity (Wildman–Crippen MR) is 136 cm³/mol. The van der Waals surface area contributed by atoms with Crippen LogP contribution in [0.2, 0.25) is 0 Å². The van der Waals surface area contributed by atoms with E-state index in [-0.39, 0.29) is 53.8 Å². The quantitative estimate of drug-likeness (QED) is 0.337. The second kappa shape index (κ2) is 10.9. The van der Waals surface area contributed by atoms with Gasteiger partial charge in [0.15, 0.2) is 5.69 Å². The first-order valence-electron chi connectivity index (χ1n) is 11.7. The molecule has 0 spiro atoms. The van der Waals surface area contributed by atoms with E-state index in [0.717, 1.165) is 12.1 Å². The number of anilines is 2. The molecule has 1 aromatic heterocycles. The fourth-order valence-corrected chi connectivity index (χ4v) is 5.51. The largest absolute Gasteiger partial charge is 0.323 e. The third-order valence-corrected chi connectivity index (χ3v) is 8.01. The third kappa shape index (κ3) is 5.84. The van der Waals surface area contributed by atoms with Gasteiger partial charge >= 0.3 is 0 Å². The summed E-state index contributed by atoms with van der Waals surface area (Å²) < 4.78 is 28.7. The maximum atomic E-state index is 13.0. The highest BCUT2D eigenvalue weighted by atomic mass is 32.2. The van der Waals surface area contributed by atoms with Crippen LogP contribution in [0.4, 0.5) is 17.1 Å². The number of aryl methyl sites for hydroxylation is 1. The topological polar surface area (TPSA) is 157 Å². The van der Waals surface area contributed by atoms with Gasteiger partial charge in [-0.3, -0.25) is 24.4 Å². The molecular formula is C24H26N6O6S. The lowest BCUT2D eigenvalue weighted by Crippen LogP contribution is -2.41. The van der Waals surface area contributed by atoms with Crippen molar-refractivity contribution in [1.82, 2.24) is 14.1 Å². The minimum absolute atomic E-state index is 0.0398. The molecule has 3 aromatic rings. The monoisotopic (exact) mass is 526 g/mol. The zero-order chi connectivity index (χ0) is 26.6. The molecule has 1 aliphatic heterocycles. The first-order valence-corrected chi connectivity index (χ1v) is 13.1. The standard InChI is InChI=1S/C24H26N6O6S/c1-2-28-16-21(22(27-28)24(32)25-18-6-4-3-5-7-18)26-23(31)17-12-14-29(15-13-17)37(35,36)20-10-8-19(9-11-20)30(33)34/h3-11,16-17H,2,12-15H2,1H3,(H,25,32)(H,26,31). The number of carbonyl (C=O) groups excluding carboxylic acids is 2. The van der Waals surface area contributed by atoms with Gasteiger partial charge in [0.05, 0.1) is 15.5 Å². The number of nitrogens with one attached hydrogen (secondary N) is 2. The van der Waals surface area contributed by atoms with E-state index in [1.165, 1.54) is 16.4 Å². The summed E-state index contributed by atoms with van der Waals surface area (Å²) in [7, 11) is -3.85. The number of non-ortho nitro benzene ring substituents is 1. The number of nitro groups is 1. The molecule has 1 fully saturated rings. The number of rotatable bonds is 8. The van der Waals surface area contributed by atoms with Gasteiger partial charge < -0.3 is 10.6 Å². The Morgan fingerprint density at radius 2 is 1.70 bits per heavy atom. The van der Waals surface area contributed by atoms with Crippen molar-refractivity contribution in [2.24, 2.45) is 5.92 Å². The van der Waals surface area contributed by atoms with E-state index in [9.17, 15) is 28.1 Å². The zero-order valence-electron chi connectivity index (χ0n) is 20.0. The van der Waals surface area contributed by atoms with Gasteiger partial charge in [0.25, 0.3) is 11.6 Å². The average molecular weight is 527 g/mol. The number of para-hydroxylation sites is 1. The smallest absolute Gasteiger partial charge is 0.278 e. The van der Waals surface area contributed by atoms with Crippen LogP contribution in [0, 0.1) is 16.0 Å². The van der Waals surface area contributed by atoms with Crippen LogP contribution in [0.15, 0.2) is 65.7 Å². The Balaban J connectivity index is 1.40. The summed E-state index contributed by atoms with van der Waals surface area (Å²) in [5, 5.41) is 20.7. The van der Waals surface area contributed by atoms with Gasteiger partial charge in [-0.15, -0.1) is 0 Å². The summed E-state index contributed by atoms with van der Waals surface area (Å²) in [5.74, 6) is -1.24. The fraction of sp³-hybridized carbons (Fsp3) is 0.292. The molecule has 0 radical (unpaired) electrons. The van der Waals surface area contributed by atoms with E-state index in [1.807, 2.05) is 13.0 Å². The predicted octanol–water partition coefficient (Wildman–Crippen LogP) is 3.10. The molecule has 1 saturated heterocycles. The molecule has 0 saturated carbocycles. The lowest BCUT2D eigenvalue weighted by molar-refractivity contribution is -0.384. The molecule has 13 heteroatoms. The molecule has 194 valence electrons. The minimum atomic E-state index is -3.85. The summed E-state index contributed by atoms with van der Waals surface area (Å²) in [5.41, 5.74) is 0.758. The maximum Gasteiger partial charge on any atom is 0.278 e. The number of hydrogen-bond donors (Lipinski definition) is 2. The molecule has 0 unspecified atom stereocenters. The molecule has 2 amide bonds. The fourth-order valence-electron chi connectivity index (χ4n) is 4.04. The Bertz CT molecular complexity index is 1400. The summed E-state index contributed by atoms with van der Waals surface area (Å²) in [6.45, 7) is 2.60. The van der Waals surface area contributed by atoms with Gasteiger partial charge in [-0.05, 0) is 44.0 Å². The molecule has 0 aliphatic carbocycles. The molecule has 0 atom stereocenters. The van der Waals surface area contributed by atoms with Crippen LogP contribution in [-0.4, -0.2) is 52.3 Å². The van der Waals surface area contributed by atoms with Crippen molar-refractivity contribution in [2.75, 3.05) is 23.7 Å². The first kappa shape index (κ1) is 26.0. The molecule has 4 rings (SSSR count). The Kier molecular flexibility index (Phi) is 7.64. The summed E-state index contributed by atoms with van der Waals surface area (Å²) in [6, 6.07) is 13.6. The number of nitro benzene ring substituents is 1. The van der Waals surface area contributed by atoms with Crippen molar-refractivity contribution >= 4 is 38.9 Å². The van der Waals surface area contributed by atoms with Crippen molar-refractivity contribution in [3.63, 3.8) is 0 Å². The number of sulfonamides is 1. The summed E-state index contributed by atoms with van der Waals surface area (Å²) >= 11 is 0. The molecule has 2 N–H and O–H groups in total. The van der Waals surface area contributed by atoms with E-state index >= 15 is 0 Å². The molecule has 2 heterocycles. The number of amides is 2. The van der Waals surface area contributed by atoms with Gasteiger partial charge in [-0.1, -0.05) is 18.2 Å². The van der Waals surface area contributed by atoms with Crippen LogP contribution in [-0.2, 0) is 21.4 Å². The number of hydrogen-bond acceptors (Lipinski definition) is 7. The second-order valence-corrected chi connectivity index (χ2v) is 10.4. The van der Waals surface area contributed by atoms with Crippen molar-refractivity contribution in [3.8, 4) is 0 Å². The highest BCUT2D eigenvalue weighted by Gasteiger charge is 2.33. The van der Waals surface area contributed by atoms with E-state index in [2.05, 4.69) is 15.7 Å². The second-order valence-electron chi connectivity index (χ2n) is 8.49. The van der Waals surface area contributed by atoms with Crippen molar-refractivity contribution in [3.05, 3.63) is 76.6 Å². The SMILES string of the molecule is CCn1cc(NC(=O)C2CCN(S(=O)(=O)c3ccc([N+](=O)[O-])cc3)CC2)c(C(=O)Nc2ccccc2)n1. The lowest BCUT2D eigenvalue weighted by Gasteiger charge is -2.30. The Hall–Kier alpha value is -4.10. The average Bonchev–Trinajstić information content (AvgIpc) is 3.32. The molecule has 1 aliphatic rings. The molecular weight excluding hydrogens is 500 g/mol. The van der Waals surface area contributed by atoms with E-state index in [1.54, 1.807) is 35.1 Å². The number of nitrogens with zero attached hydrogens (tertiary/aromatic N) is 4. The minimum Gasteiger partial charge on any atom is -0.323 e. The number of benzene rings is 2.